The van der Waals surface area contributed by atoms with Crippen molar-refractivity contribution in [2.45, 2.75) is 6.42 Å². The molecule has 0 aliphatic carbocycles. The van der Waals surface area contributed by atoms with E-state index in [0.717, 1.165) is 5.56 Å². The van der Waals surface area contributed by atoms with Gasteiger partial charge in [-0.3, -0.25) is 4.79 Å². The molecule has 4 nitrogen and oxygen atoms in total. The van der Waals surface area contributed by atoms with Crippen molar-refractivity contribution < 1.29 is 4.79 Å². The van der Waals surface area contributed by atoms with Crippen molar-refractivity contribution in [3.05, 3.63) is 48.3 Å². The summed E-state index contributed by atoms with van der Waals surface area (Å²) in [6.45, 7) is 0. The van der Waals surface area contributed by atoms with Crippen molar-refractivity contribution in [1.29, 1.82) is 0 Å². The van der Waals surface area contributed by atoms with Crippen LogP contribution in [-0.4, -0.2) is 15.7 Å². The standard InChI is InChI=1S/C11H11N3O/c12-10-4-2-9(3-5-10)8-11(15)14-7-1-6-13-14/h1-7H,8,12H2. The van der Waals surface area contributed by atoms with Crippen LogP contribution in [0.15, 0.2) is 42.7 Å². The molecule has 2 N–H and O–H groups in total. The summed E-state index contributed by atoms with van der Waals surface area (Å²) in [5, 5.41) is 3.87. The first-order valence-electron chi connectivity index (χ1n) is 4.63. The molecule has 2 aromatic rings. The van der Waals surface area contributed by atoms with Crippen LogP contribution in [-0.2, 0) is 6.42 Å². The van der Waals surface area contributed by atoms with Gasteiger partial charge in [0.25, 0.3) is 5.91 Å². The van der Waals surface area contributed by atoms with E-state index in [2.05, 4.69) is 5.10 Å². The third-order valence-electron chi connectivity index (χ3n) is 2.09. The highest BCUT2D eigenvalue weighted by Crippen LogP contribution is 2.06. The number of aromatic nitrogens is 2. The Balaban J connectivity index is 2.09. The Hall–Kier alpha value is -2.10. The molecule has 0 saturated carbocycles. The van der Waals surface area contributed by atoms with Crippen molar-refractivity contribution in [1.82, 2.24) is 9.78 Å². The fraction of sp³-hybridized carbons (Fsp3) is 0.0909. The SMILES string of the molecule is Nc1ccc(CC(=O)n2cccn2)cc1. The van der Waals surface area contributed by atoms with E-state index in [1.165, 1.54) is 4.68 Å². The van der Waals surface area contributed by atoms with Gasteiger partial charge in [0.15, 0.2) is 0 Å². The number of hydrogen-bond acceptors (Lipinski definition) is 3. The molecule has 0 aliphatic rings. The van der Waals surface area contributed by atoms with Crippen LogP contribution >= 0.6 is 0 Å². The average Bonchev–Trinajstić information content (AvgIpc) is 2.74. The number of hydrogen-bond donors (Lipinski definition) is 1. The van der Waals surface area contributed by atoms with Crippen molar-refractivity contribution in [3.63, 3.8) is 0 Å². The van der Waals surface area contributed by atoms with Gasteiger partial charge < -0.3 is 5.73 Å². The maximum atomic E-state index is 11.6. The van der Waals surface area contributed by atoms with Gasteiger partial charge in [-0.1, -0.05) is 12.1 Å². The molecule has 1 aromatic carbocycles. The summed E-state index contributed by atoms with van der Waals surface area (Å²) in [5.74, 6) is -0.0511. The Kier molecular flexibility index (Phi) is 2.49. The predicted octanol–water partition coefficient (Wildman–Crippen LogP) is 1.35. The van der Waals surface area contributed by atoms with E-state index < -0.39 is 0 Å². The molecule has 0 aliphatic heterocycles. The third kappa shape index (κ3) is 2.22. The first-order valence-corrected chi connectivity index (χ1v) is 4.63. The number of nitrogens with two attached hydrogens (primary N) is 1. The number of rotatable bonds is 2. The molecule has 0 amide bonds. The van der Waals surface area contributed by atoms with Gasteiger partial charge in [0.1, 0.15) is 0 Å². The fourth-order valence-electron chi connectivity index (χ4n) is 1.31. The van der Waals surface area contributed by atoms with Crippen LogP contribution < -0.4 is 5.73 Å². The van der Waals surface area contributed by atoms with Gasteiger partial charge in [-0.15, -0.1) is 0 Å². The van der Waals surface area contributed by atoms with Crippen molar-refractivity contribution in [2.75, 3.05) is 5.73 Å². The van der Waals surface area contributed by atoms with Crippen molar-refractivity contribution in [2.24, 2.45) is 0 Å². The van der Waals surface area contributed by atoms with E-state index in [-0.39, 0.29) is 5.91 Å². The second-order valence-corrected chi connectivity index (χ2v) is 3.26. The molecular formula is C11H11N3O. The van der Waals surface area contributed by atoms with E-state index in [1.54, 1.807) is 30.6 Å². The van der Waals surface area contributed by atoms with Crippen molar-refractivity contribution >= 4 is 11.6 Å². The van der Waals surface area contributed by atoms with E-state index in [1.807, 2.05) is 12.1 Å². The van der Waals surface area contributed by atoms with Crippen LogP contribution in [0.5, 0.6) is 0 Å². The summed E-state index contributed by atoms with van der Waals surface area (Å²) in [6, 6.07) is 8.98. The molecule has 4 heteroatoms. The largest absolute Gasteiger partial charge is 0.399 e. The second kappa shape index (κ2) is 3.96. The van der Waals surface area contributed by atoms with Gasteiger partial charge in [-0.05, 0) is 23.8 Å². The topological polar surface area (TPSA) is 60.9 Å². The van der Waals surface area contributed by atoms with Crippen LogP contribution in [0, 0.1) is 0 Å². The van der Waals surface area contributed by atoms with Crippen LogP contribution in [0.2, 0.25) is 0 Å². The molecule has 1 heterocycles. The number of benzene rings is 1. The molecule has 1 aromatic heterocycles. The van der Waals surface area contributed by atoms with Crippen molar-refractivity contribution in [3.8, 4) is 0 Å². The molecule has 2 rings (SSSR count). The van der Waals surface area contributed by atoms with Crippen LogP contribution in [0.25, 0.3) is 0 Å². The first kappa shape index (κ1) is 9.45. The number of anilines is 1. The van der Waals surface area contributed by atoms with Gasteiger partial charge in [-0.2, -0.15) is 5.10 Å². The lowest BCUT2D eigenvalue weighted by Gasteiger charge is -2.01. The summed E-state index contributed by atoms with van der Waals surface area (Å²) >= 11 is 0. The van der Waals surface area contributed by atoms with E-state index in [9.17, 15) is 4.79 Å². The zero-order valence-corrected chi connectivity index (χ0v) is 8.13. The number of carbonyl (C=O) groups excluding carboxylic acids is 1. The Labute approximate surface area is 87.3 Å². The number of nitrogen functional groups attached to an aromatic ring is 1. The quantitative estimate of drug-likeness (QED) is 0.746. The Morgan fingerprint density at radius 3 is 2.67 bits per heavy atom. The lowest BCUT2D eigenvalue weighted by molar-refractivity contribution is 0.0898. The lowest BCUT2D eigenvalue weighted by Crippen LogP contribution is -2.13. The van der Waals surface area contributed by atoms with Gasteiger partial charge in [0, 0.05) is 18.1 Å². The minimum Gasteiger partial charge on any atom is -0.399 e. The summed E-state index contributed by atoms with van der Waals surface area (Å²) in [7, 11) is 0. The second-order valence-electron chi connectivity index (χ2n) is 3.26. The first-order chi connectivity index (χ1) is 7.25. The summed E-state index contributed by atoms with van der Waals surface area (Å²) in [4.78, 5) is 11.6. The van der Waals surface area contributed by atoms with Gasteiger partial charge in [-0.25, -0.2) is 4.68 Å². The monoisotopic (exact) mass is 201 g/mol. The molecule has 76 valence electrons. The Bertz CT molecular complexity index is 445. The van der Waals surface area contributed by atoms with Gasteiger partial charge >= 0.3 is 0 Å². The van der Waals surface area contributed by atoms with Crippen LogP contribution in [0.1, 0.15) is 10.4 Å². The number of carbonyl (C=O) groups is 1. The molecule has 15 heavy (non-hydrogen) atoms. The third-order valence-corrected chi connectivity index (χ3v) is 2.09. The zero-order valence-electron chi connectivity index (χ0n) is 8.13. The highest BCUT2D eigenvalue weighted by atomic mass is 16.2. The van der Waals surface area contributed by atoms with E-state index in [0.29, 0.717) is 12.1 Å². The smallest absolute Gasteiger partial charge is 0.251 e. The van der Waals surface area contributed by atoms with Crippen LogP contribution in [0.3, 0.4) is 0 Å². The zero-order chi connectivity index (χ0) is 10.7. The molecule has 0 fully saturated rings. The van der Waals surface area contributed by atoms with Gasteiger partial charge in [0.05, 0.1) is 6.42 Å². The molecule has 0 spiro atoms. The fourth-order valence-corrected chi connectivity index (χ4v) is 1.31. The minimum absolute atomic E-state index is 0.0511. The van der Waals surface area contributed by atoms with E-state index >= 15 is 0 Å². The summed E-state index contributed by atoms with van der Waals surface area (Å²) < 4.78 is 1.33. The van der Waals surface area contributed by atoms with E-state index in [4.69, 9.17) is 5.73 Å². The summed E-state index contributed by atoms with van der Waals surface area (Å²) in [5.41, 5.74) is 7.18. The normalized spacial score (nSPS) is 10.1. The molecule has 0 radical (unpaired) electrons. The molecular weight excluding hydrogens is 190 g/mol. The summed E-state index contributed by atoms with van der Waals surface area (Å²) in [6.07, 6.45) is 3.56. The van der Waals surface area contributed by atoms with Gasteiger partial charge in [0.2, 0.25) is 0 Å². The maximum Gasteiger partial charge on any atom is 0.251 e. The highest BCUT2D eigenvalue weighted by molar-refractivity contribution is 5.80. The average molecular weight is 201 g/mol. The Morgan fingerprint density at radius 2 is 2.07 bits per heavy atom. The lowest BCUT2D eigenvalue weighted by atomic mass is 10.1. The molecule has 0 unspecified atom stereocenters. The number of nitrogens with zero attached hydrogens (tertiary/aromatic N) is 2. The van der Waals surface area contributed by atoms with Crippen LogP contribution in [0.4, 0.5) is 5.69 Å². The maximum absolute atomic E-state index is 11.6. The predicted molar refractivity (Wildman–Crippen MR) is 57.4 cm³/mol. The Morgan fingerprint density at radius 1 is 1.33 bits per heavy atom. The highest BCUT2D eigenvalue weighted by Gasteiger charge is 2.05. The molecule has 0 atom stereocenters. The minimum atomic E-state index is -0.0511. The molecule has 0 saturated heterocycles. The molecule has 0 bridgehead atoms.